The van der Waals surface area contributed by atoms with E-state index in [1.54, 1.807) is 0 Å². The van der Waals surface area contributed by atoms with Gasteiger partial charge < -0.3 is 9.64 Å². The standard InChI is InChI=1S/C22H24N2O3S/c1-13-7-8-17(10-14(13)2)24-21(25)19(18-6-5-9-28-18)20(22(24)26)23-11-15(3)27-16(4)12-23/h5-10,15-16H,11-12H2,1-4H3. The van der Waals surface area contributed by atoms with Crippen molar-refractivity contribution in [3.05, 3.63) is 57.4 Å². The van der Waals surface area contributed by atoms with Gasteiger partial charge in [0, 0.05) is 18.0 Å². The number of rotatable bonds is 3. The molecule has 0 bridgehead atoms. The fourth-order valence-electron chi connectivity index (χ4n) is 3.91. The Hall–Kier alpha value is -2.44. The Morgan fingerprint density at radius 1 is 1.00 bits per heavy atom. The molecule has 0 aliphatic carbocycles. The van der Waals surface area contributed by atoms with Crippen LogP contribution >= 0.6 is 11.3 Å². The number of nitrogens with zero attached hydrogens (tertiary/aromatic N) is 2. The third-order valence-corrected chi connectivity index (χ3v) is 6.20. The first-order valence-corrected chi connectivity index (χ1v) is 10.4. The van der Waals surface area contributed by atoms with Gasteiger partial charge in [0.15, 0.2) is 0 Å². The van der Waals surface area contributed by atoms with Crippen molar-refractivity contribution in [3.63, 3.8) is 0 Å². The lowest BCUT2D eigenvalue weighted by Gasteiger charge is -2.37. The molecule has 1 aromatic heterocycles. The van der Waals surface area contributed by atoms with Crippen LogP contribution in [-0.4, -0.2) is 42.0 Å². The normalized spacial score (nSPS) is 23.1. The summed E-state index contributed by atoms with van der Waals surface area (Å²) in [5.74, 6) is -0.504. The average molecular weight is 397 g/mol. The quantitative estimate of drug-likeness (QED) is 0.742. The Bertz CT molecular complexity index is 954. The van der Waals surface area contributed by atoms with Crippen LogP contribution in [0.2, 0.25) is 0 Å². The number of ether oxygens (including phenoxy) is 1. The summed E-state index contributed by atoms with van der Waals surface area (Å²) in [4.78, 5) is 31.1. The first-order chi connectivity index (χ1) is 13.4. The fourth-order valence-corrected chi connectivity index (χ4v) is 4.68. The molecule has 146 valence electrons. The van der Waals surface area contributed by atoms with Crippen molar-refractivity contribution in [3.8, 4) is 0 Å². The van der Waals surface area contributed by atoms with E-state index in [0.29, 0.717) is 30.0 Å². The highest BCUT2D eigenvalue weighted by Gasteiger charge is 2.44. The van der Waals surface area contributed by atoms with Crippen LogP contribution in [0.25, 0.3) is 5.57 Å². The Morgan fingerprint density at radius 2 is 1.71 bits per heavy atom. The zero-order valence-electron chi connectivity index (χ0n) is 16.6. The van der Waals surface area contributed by atoms with Gasteiger partial charge >= 0.3 is 0 Å². The second kappa shape index (κ2) is 7.18. The summed E-state index contributed by atoms with van der Waals surface area (Å²) in [5, 5.41) is 1.93. The van der Waals surface area contributed by atoms with E-state index in [4.69, 9.17) is 4.74 Å². The molecule has 2 atom stereocenters. The first-order valence-electron chi connectivity index (χ1n) is 9.51. The van der Waals surface area contributed by atoms with Crippen molar-refractivity contribution in [2.24, 2.45) is 0 Å². The van der Waals surface area contributed by atoms with E-state index in [2.05, 4.69) is 0 Å². The van der Waals surface area contributed by atoms with E-state index in [-0.39, 0.29) is 24.0 Å². The van der Waals surface area contributed by atoms with Crippen LogP contribution in [0.15, 0.2) is 41.4 Å². The molecular weight excluding hydrogens is 372 g/mol. The summed E-state index contributed by atoms with van der Waals surface area (Å²) in [7, 11) is 0. The minimum atomic E-state index is -0.252. The zero-order chi connectivity index (χ0) is 20.0. The van der Waals surface area contributed by atoms with E-state index in [9.17, 15) is 9.59 Å². The van der Waals surface area contributed by atoms with E-state index in [1.807, 2.05) is 68.3 Å². The molecular formula is C22H24N2O3S. The number of thiophene rings is 1. The number of amides is 2. The van der Waals surface area contributed by atoms with Gasteiger partial charge in [-0.1, -0.05) is 12.1 Å². The number of carbonyl (C=O) groups is 2. The number of anilines is 1. The lowest BCUT2D eigenvalue weighted by Crippen LogP contribution is -2.47. The molecule has 28 heavy (non-hydrogen) atoms. The van der Waals surface area contributed by atoms with Gasteiger partial charge in [0.2, 0.25) is 0 Å². The van der Waals surface area contributed by atoms with Gasteiger partial charge in [-0.25, -0.2) is 4.90 Å². The number of carbonyl (C=O) groups excluding carboxylic acids is 2. The summed E-state index contributed by atoms with van der Waals surface area (Å²) >= 11 is 1.48. The number of hydrogen-bond donors (Lipinski definition) is 0. The van der Waals surface area contributed by atoms with Gasteiger partial charge in [-0.15, -0.1) is 11.3 Å². The van der Waals surface area contributed by atoms with E-state index >= 15 is 0 Å². The molecule has 0 N–H and O–H groups in total. The van der Waals surface area contributed by atoms with Crippen molar-refractivity contribution in [2.75, 3.05) is 18.0 Å². The predicted octanol–water partition coefficient (Wildman–Crippen LogP) is 3.76. The van der Waals surface area contributed by atoms with Gasteiger partial charge in [0.1, 0.15) is 5.70 Å². The largest absolute Gasteiger partial charge is 0.372 e. The number of hydrogen-bond acceptors (Lipinski definition) is 5. The molecule has 3 heterocycles. The van der Waals surface area contributed by atoms with Gasteiger partial charge in [0.05, 0.1) is 23.5 Å². The fraction of sp³-hybridized carbons (Fsp3) is 0.364. The molecule has 5 nitrogen and oxygen atoms in total. The SMILES string of the molecule is Cc1ccc(N2C(=O)C(c3cccs3)=C(N3CC(C)OC(C)C3)C2=O)cc1C. The van der Waals surface area contributed by atoms with Crippen molar-refractivity contribution in [1.82, 2.24) is 4.90 Å². The highest BCUT2D eigenvalue weighted by atomic mass is 32.1. The molecule has 1 aromatic carbocycles. The molecule has 2 amide bonds. The van der Waals surface area contributed by atoms with Crippen LogP contribution < -0.4 is 4.90 Å². The maximum atomic E-state index is 13.5. The smallest absolute Gasteiger partial charge is 0.282 e. The highest BCUT2D eigenvalue weighted by Crippen LogP contribution is 2.37. The molecule has 2 aliphatic heterocycles. The van der Waals surface area contributed by atoms with Crippen LogP contribution in [0.1, 0.15) is 29.9 Å². The minimum Gasteiger partial charge on any atom is -0.372 e. The first kappa shape index (κ1) is 18.9. The summed E-state index contributed by atoms with van der Waals surface area (Å²) in [6.45, 7) is 9.18. The van der Waals surface area contributed by atoms with Gasteiger partial charge in [-0.3, -0.25) is 9.59 Å². The molecule has 2 aromatic rings. The Kier molecular flexibility index (Phi) is 4.85. The molecule has 0 spiro atoms. The summed E-state index contributed by atoms with van der Waals surface area (Å²) in [5.41, 5.74) is 3.80. The highest BCUT2D eigenvalue weighted by molar-refractivity contribution is 7.11. The second-order valence-corrected chi connectivity index (χ2v) is 8.53. The van der Waals surface area contributed by atoms with E-state index in [1.165, 1.54) is 16.2 Å². The van der Waals surface area contributed by atoms with Crippen LogP contribution in [0.4, 0.5) is 5.69 Å². The Balaban J connectivity index is 1.81. The lowest BCUT2D eigenvalue weighted by atomic mass is 10.1. The number of aryl methyl sites for hydroxylation is 2. The summed E-state index contributed by atoms with van der Waals surface area (Å²) in [6, 6.07) is 9.52. The molecule has 4 rings (SSSR count). The van der Waals surface area contributed by atoms with Crippen molar-refractivity contribution >= 4 is 34.4 Å². The summed E-state index contributed by atoms with van der Waals surface area (Å²) < 4.78 is 5.83. The van der Waals surface area contributed by atoms with Gasteiger partial charge in [0.25, 0.3) is 11.8 Å². The van der Waals surface area contributed by atoms with Crippen LogP contribution in [-0.2, 0) is 14.3 Å². The second-order valence-electron chi connectivity index (χ2n) is 7.58. The molecule has 1 fully saturated rings. The van der Waals surface area contributed by atoms with Gasteiger partial charge in [-0.2, -0.15) is 0 Å². The van der Waals surface area contributed by atoms with Gasteiger partial charge in [-0.05, 0) is 62.4 Å². The molecule has 6 heteroatoms. The van der Waals surface area contributed by atoms with Crippen LogP contribution in [0.5, 0.6) is 0 Å². The average Bonchev–Trinajstić information content (AvgIpc) is 3.23. The monoisotopic (exact) mass is 396 g/mol. The van der Waals surface area contributed by atoms with Crippen molar-refractivity contribution in [2.45, 2.75) is 39.9 Å². The molecule has 0 saturated carbocycles. The maximum absolute atomic E-state index is 13.5. The predicted molar refractivity (Wildman–Crippen MR) is 111 cm³/mol. The molecule has 0 radical (unpaired) electrons. The lowest BCUT2D eigenvalue weighted by molar-refractivity contribution is -0.121. The maximum Gasteiger partial charge on any atom is 0.282 e. The number of morpholine rings is 1. The number of benzene rings is 1. The minimum absolute atomic E-state index is 0.000549. The number of imide groups is 1. The van der Waals surface area contributed by atoms with Crippen LogP contribution in [0.3, 0.4) is 0 Å². The Labute approximate surface area is 169 Å². The van der Waals surface area contributed by atoms with E-state index in [0.717, 1.165) is 16.0 Å². The molecule has 2 unspecified atom stereocenters. The third-order valence-electron chi connectivity index (χ3n) is 5.31. The van der Waals surface area contributed by atoms with E-state index < -0.39 is 0 Å². The Morgan fingerprint density at radius 3 is 2.32 bits per heavy atom. The van der Waals surface area contributed by atoms with Crippen molar-refractivity contribution in [1.29, 1.82) is 0 Å². The molecule has 2 aliphatic rings. The van der Waals surface area contributed by atoms with Crippen molar-refractivity contribution < 1.29 is 14.3 Å². The third kappa shape index (κ3) is 3.16. The molecule has 1 saturated heterocycles. The summed E-state index contributed by atoms with van der Waals surface area (Å²) in [6.07, 6.45) is -0.00110. The van der Waals surface area contributed by atoms with Crippen LogP contribution in [0, 0.1) is 13.8 Å². The zero-order valence-corrected chi connectivity index (χ0v) is 17.4. The topological polar surface area (TPSA) is 49.9 Å².